The van der Waals surface area contributed by atoms with Crippen molar-refractivity contribution < 1.29 is 112 Å². The molecule has 0 saturated heterocycles. The minimum Gasteiger partial charge on any atom is -0.525 e. The molecule has 9 rings (SSSR count). The van der Waals surface area contributed by atoms with Crippen LogP contribution in [-0.4, -0.2) is 48.3 Å². The molecule has 5 aromatic rings. The van der Waals surface area contributed by atoms with Crippen LogP contribution in [0.2, 0.25) is 0 Å². The SMILES string of the molecule is [CH2-]CC.[CH2-]CC.[CH2-]CC.[CH2-]COc1ccc(/C2=C3\C=CC(N3)C(c3ccc(OC[CH2-])cc3)c3ccc([nH]3)/C(c3ccccc3)=C3/C=CC(=N3)C(c3ccc(OC[CH2-])cc3)C3C=CC2=N3)cc1.[Y].[Y].[Y]. The minimum atomic E-state index is -0.218. The van der Waals surface area contributed by atoms with Crippen molar-refractivity contribution >= 4 is 22.6 Å². The molecule has 4 aliphatic rings. The van der Waals surface area contributed by atoms with E-state index in [9.17, 15) is 0 Å². The van der Waals surface area contributed by atoms with Gasteiger partial charge in [0.1, 0.15) is 17.2 Å². The summed E-state index contributed by atoms with van der Waals surface area (Å²) in [5, 5.41) is 3.95. The summed E-state index contributed by atoms with van der Waals surface area (Å²) in [7, 11) is 0. The van der Waals surface area contributed by atoms with Crippen LogP contribution in [0, 0.1) is 41.5 Å². The Kier molecular flexibility index (Phi) is 27.2. The Morgan fingerprint density at radius 2 is 1.03 bits per heavy atom. The van der Waals surface area contributed by atoms with E-state index in [1.807, 2.05) is 63.2 Å². The molecule has 1 aromatic heterocycles. The first-order chi connectivity index (χ1) is 32.3. The number of aromatic nitrogens is 1. The molecule has 8 bridgehead atoms. The second-order valence-corrected chi connectivity index (χ2v) is 15.7. The zero-order valence-electron chi connectivity index (χ0n) is 40.6. The van der Waals surface area contributed by atoms with Gasteiger partial charge in [-0.2, -0.15) is 19.3 Å². The second-order valence-electron chi connectivity index (χ2n) is 15.7. The van der Waals surface area contributed by atoms with E-state index in [2.05, 4.69) is 161 Å². The topological polar surface area (TPSA) is 80.2 Å². The van der Waals surface area contributed by atoms with Gasteiger partial charge in [0.15, 0.2) is 0 Å². The molecule has 0 fully saturated rings. The number of aromatic amines is 1. The molecule has 0 saturated carbocycles. The second kappa shape index (κ2) is 31.2. The van der Waals surface area contributed by atoms with Gasteiger partial charge < -0.3 is 66.1 Å². The Morgan fingerprint density at radius 1 is 0.522 bits per heavy atom. The molecular formula is C59H64N4O3Y3-6. The van der Waals surface area contributed by atoms with Gasteiger partial charge in [0.25, 0.3) is 0 Å². The number of nitrogens with zero attached hydrogens (tertiary/aromatic N) is 2. The molecule has 4 unspecified atom stereocenters. The van der Waals surface area contributed by atoms with Crippen LogP contribution in [0.5, 0.6) is 17.2 Å². The third kappa shape index (κ3) is 15.6. The summed E-state index contributed by atoms with van der Waals surface area (Å²) >= 11 is 0. The molecule has 69 heavy (non-hydrogen) atoms. The van der Waals surface area contributed by atoms with Crippen molar-refractivity contribution in [1.29, 1.82) is 0 Å². The van der Waals surface area contributed by atoms with Crippen molar-refractivity contribution in [2.75, 3.05) is 19.8 Å². The maximum Gasteiger partial charge on any atom is 0.115 e. The quantitative estimate of drug-likeness (QED) is 0.137. The molecular weight excluding hydrogens is 1080 g/mol. The molecule has 7 nitrogen and oxygen atoms in total. The summed E-state index contributed by atoms with van der Waals surface area (Å²) in [5.41, 5.74) is 12.2. The molecule has 353 valence electrons. The van der Waals surface area contributed by atoms with E-state index in [0.717, 1.165) is 104 Å². The summed E-state index contributed by atoms with van der Waals surface area (Å²) in [5.74, 6) is 2.10. The predicted molar refractivity (Wildman–Crippen MR) is 277 cm³/mol. The van der Waals surface area contributed by atoms with Crippen LogP contribution >= 0.6 is 0 Å². The van der Waals surface area contributed by atoms with Crippen molar-refractivity contribution in [1.82, 2.24) is 10.3 Å². The number of hydrogen-bond acceptors (Lipinski definition) is 6. The molecule has 3 radical (unpaired) electrons. The Hall–Kier alpha value is -3.29. The van der Waals surface area contributed by atoms with E-state index in [0.29, 0.717) is 19.8 Å². The van der Waals surface area contributed by atoms with Crippen molar-refractivity contribution in [3.8, 4) is 17.2 Å². The Labute approximate surface area is 489 Å². The summed E-state index contributed by atoms with van der Waals surface area (Å²) in [4.78, 5) is 14.8. The number of benzene rings is 4. The van der Waals surface area contributed by atoms with Gasteiger partial charge in [0.2, 0.25) is 0 Å². The molecule has 0 aliphatic carbocycles. The fourth-order valence-corrected chi connectivity index (χ4v) is 8.25. The number of nitrogens with one attached hydrogen (secondary N) is 2. The number of allylic oxidation sites excluding steroid dienone is 5. The van der Waals surface area contributed by atoms with Gasteiger partial charge in [-0.3, -0.25) is 9.98 Å². The molecule has 0 amide bonds. The molecule has 5 heterocycles. The standard InChI is InChI=1S/C50H43N4O3.3C3H7.3Y/c1-4-55-36-18-12-33(13-19-36)48-41-26-24-39(51-41)47(32-10-8-7-9-11-32)40-25-27-42(52-40)49(34-14-20-37(21-15-34)56-5-2)44-29-31-46(54-44)50(45-30-28-43(48)53-45)35-16-22-38(23-17-35)57-6-3;3*1-3-2;;;/h7-31,43-44,48-49,51,53H,1-6H2;3*1,3H2,2H3;;;/q-3;3*-1;;;/b47-40-,50-45-;;;;;;. The fraction of sp³-hybridized carbons (Fsp3) is 0.220. The number of fused-ring (bicyclic) bond motifs is 6. The zero-order chi connectivity index (χ0) is 46.8. The van der Waals surface area contributed by atoms with Crippen LogP contribution < -0.4 is 19.5 Å². The van der Waals surface area contributed by atoms with E-state index < -0.39 is 0 Å². The Bertz CT molecular complexity index is 2530. The smallest absolute Gasteiger partial charge is 0.115 e. The number of rotatable bonds is 10. The Balaban J connectivity index is 0.000000978. The molecule has 2 N–H and O–H groups in total. The zero-order valence-corrected chi connectivity index (χ0v) is 49.1. The number of ether oxygens (including phenoxy) is 3. The first-order valence-electron chi connectivity index (χ1n) is 23.0. The first-order valence-corrected chi connectivity index (χ1v) is 23.0. The van der Waals surface area contributed by atoms with Crippen LogP contribution in [0.25, 0.3) is 11.1 Å². The van der Waals surface area contributed by atoms with E-state index in [4.69, 9.17) is 24.2 Å². The first kappa shape index (κ1) is 60.0. The van der Waals surface area contributed by atoms with Gasteiger partial charge in [-0.05, 0) is 115 Å². The van der Waals surface area contributed by atoms with Gasteiger partial charge >= 0.3 is 0 Å². The number of hydrogen-bond donors (Lipinski definition) is 2. The van der Waals surface area contributed by atoms with Gasteiger partial charge in [-0.25, -0.2) is 0 Å². The average Bonchev–Trinajstić information content (AvgIpc) is 4.18. The average molecular weight is 1140 g/mol. The van der Waals surface area contributed by atoms with Crippen LogP contribution in [0.1, 0.15) is 85.5 Å². The Morgan fingerprint density at radius 3 is 1.57 bits per heavy atom. The van der Waals surface area contributed by atoms with E-state index in [-0.39, 0.29) is 122 Å². The number of H-pyrrole nitrogens is 1. The van der Waals surface area contributed by atoms with Crippen molar-refractivity contribution in [2.24, 2.45) is 9.98 Å². The van der Waals surface area contributed by atoms with Crippen LogP contribution in [0.3, 0.4) is 0 Å². The van der Waals surface area contributed by atoms with Crippen molar-refractivity contribution in [3.63, 3.8) is 0 Å². The summed E-state index contributed by atoms with van der Waals surface area (Å²) < 4.78 is 17.2. The summed E-state index contributed by atoms with van der Waals surface area (Å²) in [6.07, 6.45) is 16.1. The van der Waals surface area contributed by atoms with E-state index in [1.54, 1.807) is 0 Å². The molecule has 10 heteroatoms. The van der Waals surface area contributed by atoms with Crippen LogP contribution in [-0.2, 0) is 98.1 Å². The van der Waals surface area contributed by atoms with Gasteiger partial charge in [0.05, 0.1) is 35.1 Å². The summed E-state index contributed by atoms with van der Waals surface area (Å²) in [6.45, 7) is 29.1. The maximum absolute atomic E-state index is 5.73. The normalized spacial score (nSPS) is 20.0. The maximum atomic E-state index is 5.73. The summed E-state index contributed by atoms with van der Waals surface area (Å²) in [6, 6.07) is 39.3. The third-order valence-electron chi connectivity index (χ3n) is 10.8. The largest absolute Gasteiger partial charge is 0.525 e. The molecule has 4 aliphatic heterocycles. The van der Waals surface area contributed by atoms with Crippen LogP contribution in [0.4, 0.5) is 0 Å². The van der Waals surface area contributed by atoms with E-state index >= 15 is 0 Å². The predicted octanol–water partition coefficient (Wildman–Crippen LogP) is 13.4. The monoisotopic (exact) mass is 1140 g/mol. The van der Waals surface area contributed by atoms with Crippen molar-refractivity contribution in [3.05, 3.63) is 238 Å². The van der Waals surface area contributed by atoms with Crippen LogP contribution in [0.15, 0.2) is 173 Å². The molecule has 0 spiro atoms. The van der Waals surface area contributed by atoms with Gasteiger partial charge in [-0.1, -0.05) is 99.7 Å². The third-order valence-corrected chi connectivity index (χ3v) is 10.8. The van der Waals surface area contributed by atoms with Gasteiger partial charge in [-0.15, -0.1) is 0 Å². The minimum absolute atomic E-state index is 0. The number of aliphatic imine (C=N–C) groups is 2. The molecule has 4 aromatic carbocycles. The van der Waals surface area contributed by atoms with Gasteiger partial charge in [0, 0.05) is 132 Å². The van der Waals surface area contributed by atoms with E-state index in [1.165, 1.54) is 0 Å². The molecule has 4 atom stereocenters. The fourth-order valence-electron chi connectivity index (χ4n) is 8.25. The van der Waals surface area contributed by atoms with Crippen molar-refractivity contribution in [2.45, 2.75) is 64.0 Å².